The van der Waals surface area contributed by atoms with Crippen LogP contribution in [0.2, 0.25) is 0 Å². The second-order valence-corrected chi connectivity index (χ2v) is 8.67. The van der Waals surface area contributed by atoms with E-state index in [2.05, 4.69) is 63.3 Å². The Morgan fingerprint density at radius 3 is 1.10 bits per heavy atom. The summed E-state index contributed by atoms with van der Waals surface area (Å²) in [4.78, 5) is 0. The molecule has 0 aliphatic carbocycles. The van der Waals surface area contributed by atoms with Crippen molar-refractivity contribution in [3.63, 3.8) is 0 Å². The van der Waals surface area contributed by atoms with Gasteiger partial charge < -0.3 is 50.3 Å². The zero-order valence-corrected chi connectivity index (χ0v) is 26.0. The van der Waals surface area contributed by atoms with Crippen molar-refractivity contribution in [3.8, 4) is 0 Å². The van der Waals surface area contributed by atoms with Crippen LogP contribution in [0.3, 0.4) is 0 Å². The molecule has 0 aliphatic heterocycles. The number of nitrogens with two attached hydrogens (primary N) is 3. The molecule has 0 heterocycles. The van der Waals surface area contributed by atoms with Gasteiger partial charge in [-0.05, 0) is 38.6 Å². The van der Waals surface area contributed by atoms with E-state index in [1.807, 2.05) is 0 Å². The first-order valence-corrected chi connectivity index (χ1v) is 13.9. The van der Waals surface area contributed by atoms with Crippen molar-refractivity contribution in [1.82, 2.24) is 0 Å². The highest BCUT2D eigenvalue weighted by atomic mass is 79.9. The molecule has 0 atom stereocenters. The van der Waals surface area contributed by atoms with Gasteiger partial charge in [-0.2, -0.15) is 0 Å². The lowest BCUT2D eigenvalue weighted by atomic mass is 10.2. The fraction of sp³-hybridized carbons (Fsp3) is 1.00. The summed E-state index contributed by atoms with van der Waals surface area (Å²) in [5, 5.41) is 7.07. The third-order valence-corrected chi connectivity index (χ3v) is 6.08. The molecule has 31 heavy (non-hydrogen) atoms. The van der Waals surface area contributed by atoms with Gasteiger partial charge in [0, 0.05) is 10.7 Å². The van der Waals surface area contributed by atoms with E-state index in [0.29, 0.717) is 0 Å². The maximum atomic E-state index is 5.27. The molecule has 6 N–H and O–H groups in total. The minimum Gasteiger partial charge on any atom is -1.00 e. The van der Waals surface area contributed by atoms with Crippen LogP contribution in [0.4, 0.5) is 0 Å². The lowest BCUT2D eigenvalue weighted by Gasteiger charge is -2.02. The van der Waals surface area contributed by atoms with Gasteiger partial charge in [0.2, 0.25) is 0 Å². The first-order valence-electron chi connectivity index (χ1n) is 11.7. The van der Waals surface area contributed by atoms with E-state index in [-0.39, 0.29) is 48.8 Å². The predicted molar refractivity (Wildman–Crippen MR) is 146 cm³/mol. The van der Waals surface area contributed by atoms with E-state index in [1.165, 1.54) is 103 Å². The smallest absolute Gasteiger partial charge is 0.125 e. The van der Waals surface area contributed by atoms with Crippen LogP contribution in [0.25, 0.3) is 0 Å². The molecule has 0 radical (unpaired) electrons. The molecular formula is C24H61Br4N3. The Morgan fingerprint density at radius 1 is 0.516 bits per heavy atom. The van der Waals surface area contributed by atoms with E-state index >= 15 is 0 Å². The minimum atomic E-state index is 0. The third-order valence-electron chi connectivity index (χ3n) is 4.23. The van der Waals surface area contributed by atoms with Gasteiger partial charge in [-0.25, -0.2) is 0 Å². The molecule has 200 valence electrons. The van der Waals surface area contributed by atoms with Crippen molar-refractivity contribution in [3.05, 3.63) is 0 Å². The van der Waals surface area contributed by atoms with Gasteiger partial charge >= 0.3 is 0 Å². The van der Waals surface area contributed by atoms with Gasteiger partial charge in [0.15, 0.2) is 0 Å². The Labute approximate surface area is 236 Å². The summed E-state index contributed by atoms with van der Waals surface area (Å²) >= 11 is 6.40. The van der Waals surface area contributed by atoms with Crippen molar-refractivity contribution >= 4 is 31.9 Å². The quantitative estimate of drug-likeness (QED) is 0.135. The normalized spacial score (nSPS) is 8.71. The number of rotatable bonds is 18. The summed E-state index contributed by atoms with van der Waals surface area (Å²) in [6.07, 6.45) is 16.4. The molecule has 0 saturated heterocycles. The molecule has 0 spiro atoms. The number of hydrogen-bond acceptors (Lipinski definition) is 1. The van der Waals surface area contributed by atoms with E-state index in [0.717, 1.165) is 17.2 Å². The second-order valence-electron chi connectivity index (χ2n) is 7.08. The summed E-state index contributed by atoms with van der Waals surface area (Å²) < 4.78 is 0. The predicted octanol–water partition coefficient (Wildman–Crippen LogP) is -0.144. The van der Waals surface area contributed by atoms with Gasteiger partial charge in [-0.1, -0.05) is 112 Å². The monoisotopic (exact) mass is 707 g/mol. The van der Waals surface area contributed by atoms with Gasteiger partial charge in [0.25, 0.3) is 0 Å². The highest BCUT2D eigenvalue weighted by molar-refractivity contribution is 9.11. The standard InChI is InChI=1S/C14H32N2.C6H15N.C2H4Br2.2CH4.2BrH/c1-3-5-7-9-11-15-13-14-16-12-10-8-6-4-2;1-2-3-4-5-6-7;3-1-2-4;;;;/h15-16H,3-14H2,1-2H3;2-7H2,1H3;1-2H2;2*1H4;2*1H. The van der Waals surface area contributed by atoms with Crippen LogP contribution in [0.15, 0.2) is 0 Å². The summed E-state index contributed by atoms with van der Waals surface area (Å²) in [6, 6.07) is 0. The van der Waals surface area contributed by atoms with Gasteiger partial charge in [-0.15, -0.1) is 0 Å². The molecule has 0 amide bonds. The van der Waals surface area contributed by atoms with Crippen molar-refractivity contribution < 1.29 is 44.6 Å². The lowest BCUT2D eigenvalue weighted by Crippen LogP contribution is -3.00. The van der Waals surface area contributed by atoms with E-state index in [9.17, 15) is 0 Å². The summed E-state index contributed by atoms with van der Waals surface area (Å²) in [5.74, 6) is 0. The highest BCUT2D eigenvalue weighted by Gasteiger charge is 1.94. The molecule has 0 aromatic carbocycles. The van der Waals surface area contributed by atoms with Crippen LogP contribution >= 0.6 is 31.9 Å². The van der Waals surface area contributed by atoms with Crippen LogP contribution in [0, 0.1) is 0 Å². The van der Waals surface area contributed by atoms with E-state index < -0.39 is 0 Å². The fourth-order valence-electron chi connectivity index (χ4n) is 2.53. The molecule has 3 nitrogen and oxygen atoms in total. The van der Waals surface area contributed by atoms with Crippen LogP contribution in [0.1, 0.15) is 113 Å². The van der Waals surface area contributed by atoms with Crippen LogP contribution in [-0.2, 0) is 0 Å². The summed E-state index contributed by atoms with van der Waals surface area (Å²) in [7, 11) is 0. The number of halogens is 4. The van der Waals surface area contributed by atoms with Crippen LogP contribution in [0.5, 0.6) is 0 Å². The van der Waals surface area contributed by atoms with Gasteiger partial charge in [0.05, 0.1) is 13.1 Å². The Hall–Kier alpha value is 1.80. The molecule has 0 aromatic rings. The zero-order chi connectivity index (χ0) is 20.8. The largest absolute Gasteiger partial charge is 1.00 e. The fourth-order valence-corrected chi connectivity index (χ4v) is 2.53. The highest BCUT2D eigenvalue weighted by Crippen LogP contribution is 1.96. The Bertz CT molecular complexity index is 195. The second kappa shape index (κ2) is 58.0. The minimum absolute atomic E-state index is 0. The molecule has 0 rings (SSSR count). The number of hydrogen-bond donors (Lipinski definition) is 3. The molecular weight excluding hydrogens is 650 g/mol. The van der Waals surface area contributed by atoms with E-state index in [1.54, 1.807) is 0 Å². The van der Waals surface area contributed by atoms with Crippen molar-refractivity contribution in [2.45, 2.75) is 113 Å². The molecule has 0 bridgehead atoms. The maximum absolute atomic E-state index is 5.27. The first kappa shape index (κ1) is 49.8. The topological polar surface area (TPSA) is 59.2 Å². The molecule has 0 aromatic heterocycles. The third kappa shape index (κ3) is 72.0. The Kier molecular flexibility index (Phi) is 93.3. The first-order chi connectivity index (χ1) is 13.2. The van der Waals surface area contributed by atoms with Gasteiger partial charge in [-0.3, -0.25) is 0 Å². The number of unbranched alkanes of at least 4 members (excludes halogenated alkanes) is 9. The van der Waals surface area contributed by atoms with Gasteiger partial charge in [0.1, 0.15) is 13.1 Å². The zero-order valence-electron chi connectivity index (χ0n) is 19.7. The SMILES string of the molecule is BrCCBr.C.C.CCCCCCN.CCCCCC[NH2+]CC[NH2+]CCCCCC.[Br-].[Br-]. The maximum Gasteiger partial charge on any atom is 0.125 e. The van der Waals surface area contributed by atoms with Crippen LogP contribution in [-0.4, -0.2) is 43.4 Å². The Morgan fingerprint density at radius 2 is 0.839 bits per heavy atom. The molecule has 0 aliphatic rings. The Balaban J connectivity index is -0.0000000653. The molecule has 0 unspecified atom stereocenters. The van der Waals surface area contributed by atoms with E-state index in [4.69, 9.17) is 5.73 Å². The van der Waals surface area contributed by atoms with Crippen LogP contribution < -0.4 is 50.3 Å². The average Bonchev–Trinajstić information content (AvgIpc) is 2.70. The number of alkyl halides is 2. The lowest BCUT2D eigenvalue weighted by molar-refractivity contribution is -0.723. The summed E-state index contributed by atoms with van der Waals surface area (Å²) in [6.45, 7) is 12.9. The van der Waals surface area contributed by atoms with Crippen molar-refractivity contribution in [2.75, 3.05) is 43.4 Å². The summed E-state index contributed by atoms with van der Waals surface area (Å²) in [5.41, 5.74) is 5.27. The van der Waals surface area contributed by atoms with Crippen molar-refractivity contribution in [1.29, 1.82) is 0 Å². The molecule has 7 heteroatoms. The van der Waals surface area contributed by atoms with Crippen molar-refractivity contribution in [2.24, 2.45) is 5.73 Å². The molecule has 0 fully saturated rings. The molecule has 0 saturated carbocycles. The number of quaternary nitrogens is 2. The average molecular weight is 711 g/mol.